The predicted octanol–water partition coefficient (Wildman–Crippen LogP) is 3.15. The lowest BCUT2D eigenvalue weighted by Crippen LogP contribution is -2.39. The lowest BCUT2D eigenvalue weighted by atomic mass is 10.2. The number of halogens is 2. The summed E-state index contributed by atoms with van der Waals surface area (Å²) < 4.78 is 13.3. The Morgan fingerprint density at radius 3 is 2.68 bits per heavy atom. The molecule has 0 aliphatic rings. The fourth-order valence-corrected chi connectivity index (χ4v) is 2.17. The summed E-state index contributed by atoms with van der Waals surface area (Å²) in [5.74, 6) is 0.472. The van der Waals surface area contributed by atoms with Crippen molar-refractivity contribution in [2.75, 3.05) is 20.1 Å². The number of rotatable bonds is 8. The van der Waals surface area contributed by atoms with E-state index in [4.69, 9.17) is 0 Å². The number of carbonyl (C=O) groups excluding carboxylic acids is 1. The van der Waals surface area contributed by atoms with E-state index in [0.29, 0.717) is 25.5 Å². The molecule has 0 aliphatic heterocycles. The molecule has 1 aromatic carbocycles. The molecule has 25 heavy (non-hydrogen) atoms. The first-order valence-corrected chi connectivity index (χ1v) is 8.49. The molecule has 0 radical (unpaired) electrons. The van der Waals surface area contributed by atoms with Crippen molar-refractivity contribution >= 4 is 35.8 Å². The molecule has 2 N–H and O–H groups in total. The van der Waals surface area contributed by atoms with E-state index in [9.17, 15) is 9.18 Å². The van der Waals surface area contributed by atoms with Crippen molar-refractivity contribution in [2.24, 2.45) is 4.99 Å². The minimum Gasteiger partial charge on any atom is -0.357 e. The molecule has 1 rings (SSSR count). The number of aliphatic imine (C=N–C) groups is 1. The van der Waals surface area contributed by atoms with Crippen LogP contribution in [0.25, 0.3) is 0 Å². The van der Waals surface area contributed by atoms with Crippen molar-refractivity contribution in [3.63, 3.8) is 0 Å². The highest BCUT2D eigenvalue weighted by molar-refractivity contribution is 14.0. The maximum Gasteiger partial charge on any atom is 0.222 e. The highest BCUT2D eigenvalue weighted by Crippen LogP contribution is 2.06. The maximum atomic E-state index is 13.3. The minimum absolute atomic E-state index is 0. The Bertz CT molecular complexity index is 554. The smallest absolute Gasteiger partial charge is 0.222 e. The number of amides is 1. The van der Waals surface area contributed by atoms with Gasteiger partial charge in [-0.05, 0) is 38.0 Å². The van der Waals surface area contributed by atoms with Crippen LogP contribution in [-0.4, -0.2) is 42.9 Å². The van der Waals surface area contributed by atoms with Crippen molar-refractivity contribution < 1.29 is 9.18 Å². The lowest BCUT2D eigenvalue weighted by molar-refractivity contribution is -0.121. The monoisotopic (exact) mass is 464 g/mol. The quantitative estimate of drug-likeness (QED) is 0.353. The third kappa shape index (κ3) is 9.62. The summed E-state index contributed by atoms with van der Waals surface area (Å²) in [6.45, 7) is 7.69. The zero-order valence-corrected chi connectivity index (χ0v) is 17.8. The summed E-state index contributed by atoms with van der Waals surface area (Å²) >= 11 is 0. The normalized spacial score (nSPS) is 12.1. The zero-order chi connectivity index (χ0) is 17.9. The predicted molar refractivity (Wildman–Crippen MR) is 112 cm³/mol. The summed E-state index contributed by atoms with van der Waals surface area (Å²) in [5.41, 5.74) is 0.873. The molecular formula is C18H30FIN4O. The first-order valence-electron chi connectivity index (χ1n) is 8.49. The molecule has 0 heterocycles. The molecule has 0 saturated heterocycles. The van der Waals surface area contributed by atoms with Crippen LogP contribution in [0.15, 0.2) is 29.3 Å². The first-order chi connectivity index (χ1) is 11.5. The highest BCUT2D eigenvalue weighted by Gasteiger charge is 2.08. The van der Waals surface area contributed by atoms with Crippen LogP contribution in [0.4, 0.5) is 4.39 Å². The molecule has 7 heteroatoms. The number of nitrogens with one attached hydrogen (secondary N) is 2. The number of benzene rings is 1. The van der Waals surface area contributed by atoms with Gasteiger partial charge in [-0.25, -0.2) is 4.39 Å². The van der Waals surface area contributed by atoms with Crippen LogP contribution in [0.1, 0.15) is 39.2 Å². The van der Waals surface area contributed by atoms with Crippen LogP contribution in [0, 0.1) is 5.82 Å². The molecule has 0 aromatic heterocycles. The van der Waals surface area contributed by atoms with Gasteiger partial charge in [0.05, 0.1) is 6.54 Å². The highest BCUT2D eigenvalue weighted by atomic mass is 127. The first kappa shape index (κ1) is 23.6. The van der Waals surface area contributed by atoms with Crippen molar-refractivity contribution in [3.05, 3.63) is 35.6 Å². The molecule has 5 nitrogen and oxygen atoms in total. The van der Waals surface area contributed by atoms with Crippen molar-refractivity contribution in [2.45, 2.75) is 46.2 Å². The van der Waals surface area contributed by atoms with Gasteiger partial charge in [0, 0.05) is 32.6 Å². The van der Waals surface area contributed by atoms with E-state index < -0.39 is 0 Å². The third-order valence-electron chi connectivity index (χ3n) is 3.63. The number of carbonyl (C=O) groups is 1. The Hall–Kier alpha value is -1.38. The summed E-state index contributed by atoms with van der Waals surface area (Å²) in [4.78, 5) is 18.2. The van der Waals surface area contributed by atoms with Crippen molar-refractivity contribution in [1.29, 1.82) is 0 Å². The number of hydrogen-bond donors (Lipinski definition) is 2. The molecule has 1 atom stereocenters. The molecule has 0 aliphatic carbocycles. The molecule has 0 spiro atoms. The second-order valence-corrected chi connectivity index (χ2v) is 5.85. The Labute approximate surface area is 167 Å². The van der Waals surface area contributed by atoms with Crippen LogP contribution >= 0.6 is 24.0 Å². The van der Waals surface area contributed by atoms with E-state index in [2.05, 4.69) is 15.6 Å². The van der Waals surface area contributed by atoms with Gasteiger partial charge in [0.25, 0.3) is 0 Å². The van der Waals surface area contributed by atoms with E-state index in [1.54, 1.807) is 6.07 Å². The Morgan fingerprint density at radius 1 is 1.36 bits per heavy atom. The molecule has 0 saturated carbocycles. The van der Waals surface area contributed by atoms with Gasteiger partial charge in [-0.1, -0.05) is 19.1 Å². The van der Waals surface area contributed by atoms with Crippen LogP contribution in [0.2, 0.25) is 0 Å². The average molecular weight is 464 g/mol. The van der Waals surface area contributed by atoms with Crippen molar-refractivity contribution in [3.8, 4) is 0 Å². The molecule has 0 fully saturated rings. The standard InChI is InChI=1S/C18H29FN4O.HI/c1-5-14(3)22-17(24)10-11-21-18(20-6-2)23(4)13-15-8-7-9-16(19)12-15;/h7-9,12,14H,5-6,10-11,13H2,1-4H3,(H,20,21)(H,22,24);1H. The van der Waals surface area contributed by atoms with Crippen LogP contribution < -0.4 is 10.6 Å². The minimum atomic E-state index is -0.246. The van der Waals surface area contributed by atoms with Gasteiger partial charge in [-0.2, -0.15) is 0 Å². The van der Waals surface area contributed by atoms with E-state index in [0.717, 1.165) is 18.5 Å². The number of guanidine groups is 1. The lowest BCUT2D eigenvalue weighted by Gasteiger charge is -2.22. The van der Waals surface area contributed by atoms with Gasteiger partial charge in [0.15, 0.2) is 5.96 Å². The topological polar surface area (TPSA) is 56.7 Å². The van der Waals surface area contributed by atoms with Gasteiger partial charge in [-0.15, -0.1) is 24.0 Å². The Balaban J connectivity index is 0.00000576. The fraction of sp³-hybridized carbons (Fsp3) is 0.556. The van der Waals surface area contributed by atoms with Gasteiger partial charge in [0.2, 0.25) is 5.91 Å². The SMILES string of the molecule is CCNC(=NCCC(=O)NC(C)CC)N(C)Cc1cccc(F)c1.I. The van der Waals surface area contributed by atoms with E-state index in [-0.39, 0.29) is 41.7 Å². The van der Waals surface area contributed by atoms with Crippen molar-refractivity contribution in [1.82, 2.24) is 15.5 Å². The number of hydrogen-bond acceptors (Lipinski definition) is 2. The molecule has 1 unspecified atom stereocenters. The van der Waals surface area contributed by atoms with E-state index in [1.165, 1.54) is 12.1 Å². The van der Waals surface area contributed by atoms with Crippen LogP contribution in [0.3, 0.4) is 0 Å². The maximum absolute atomic E-state index is 13.3. The zero-order valence-electron chi connectivity index (χ0n) is 15.5. The Morgan fingerprint density at radius 2 is 2.08 bits per heavy atom. The average Bonchev–Trinajstić information content (AvgIpc) is 2.53. The largest absolute Gasteiger partial charge is 0.357 e. The molecular weight excluding hydrogens is 434 g/mol. The second-order valence-electron chi connectivity index (χ2n) is 5.85. The number of nitrogens with zero attached hydrogens (tertiary/aromatic N) is 2. The Kier molecular flexibility index (Phi) is 12.2. The van der Waals surface area contributed by atoms with Gasteiger partial charge in [-0.3, -0.25) is 9.79 Å². The third-order valence-corrected chi connectivity index (χ3v) is 3.63. The molecule has 142 valence electrons. The van der Waals surface area contributed by atoms with E-state index >= 15 is 0 Å². The van der Waals surface area contributed by atoms with Gasteiger partial charge < -0.3 is 15.5 Å². The van der Waals surface area contributed by atoms with E-state index in [1.807, 2.05) is 38.8 Å². The fourth-order valence-electron chi connectivity index (χ4n) is 2.17. The second kappa shape index (κ2) is 12.9. The van der Waals surface area contributed by atoms with Gasteiger partial charge >= 0.3 is 0 Å². The summed E-state index contributed by atoms with van der Waals surface area (Å²) in [7, 11) is 1.89. The molecule has 0 bridgehead atoms. The summed E-state index contributed by atoms with van der Waals surface area (Å²) in [5, 5.41) is 6.12. The van der Waals surface area contributed by atoms with Gasteiger partial charge in [0.1, 0.15) is 5.82 Å². The van der Waals surface area contributed by atoms with Crippen LogP contribution in [0.5, 0.6) is 0 Å². The summed E-state index contributed by atoms with van der Waals surface area (Å²) in [6, 6.07) is 6.70. The summed E-state index contributed by atoms with van der Waals surface area (Å²) in [6.07, 6.45) is 1.26. The molecule has 1 amide bonds. The molecule has 1 aromatic rings. The van der Waals surface area contributed by atoms with Crippen LogP contribution in [-0.2, 0) is 11.3 Å².